The smallest absolute Gasteiger partial charge is 0.350 e. The number of rotatable bonds is 4. The average Bonchev–Trinajstić information content (AvgIpc) is 3.10. The topological polar surface area (TPSA) is 51.1 Å². The van der Waals surface area contributed by atoms with Gasteiger partial charge in [-0.05, 0) is 30.5 Å². The van der Waals surface area contributed by atoms with Crippen molar-refractivity contribution < 1.29 is 18.0 Å². The van der Waals surface area contributed by atoms with Crippen molar-refractivity contribution in [3.63, 3.8) is 0 Å². The maximum absolute atomic E-state index is 13.4. The number of aryl methyl sites for hydroxylation is 1. The summed E-state index contributed by atoms with van der Waals surface area (Å²) >= 11 is 1.25. The number of thiophene rings is 1. The van der Waals surface area contributed by atoms with Crippen LogP contribution in [0.1, 0.15) is 20.9 Å². The Morgan fingerprint density at radius 2 is 2.00 bits per heavy atom. The fraction of sp³-hybridized carbons (Fsp3) is 0.222. The first-order valence-corrected chi connectivity index (χ1v) is 8.68. The Labute approximate surface area is 150 Å². The molecular weight excluding hydrogens is 365 g/mol. The lowest BCUT2D eigenvalue weighted by Crippen LogP contribution is -2.29. The summed E-state index contributed by atoms with van der Waals surface area (Å²) in [5.74, 6) is -0.338. The molecule has 0 fully saturated rings. The van der Waals surface area contributed by atoms with Crippen molar-refractivity contribution in [3.05, 3.63) is 68.1 Å². The van der Waals surface area contributed by atoms with Crippen molar-refractivity contribution in [2.24, 2.45) is 0 Å². The second-order valence-corrected chi connectivity index (χ2v) is 6.74. The van der Waals surface area contributed by atoms with Crippen molar-refractivity contribution >= 4 is 28.1 Å². The first-order chi connectivity index (χ1) is 12.3. The van der Waals surface area contributed by atoms with E-state index in [4.69, 9.17) is 0 Å². The third-order valence-corrected chi connectivity index (χ3v) is 4.79. The third kappa shape index (κ3) is 3.65. The van der Waals surface area contributed by atoms with Gasteiger partial charge in [0, 0.05) is 24.5 Å². The number of benzene rings is 1. The number of hydrogen-bond donors (Lipinski definition) is 1. The van der Waals surface area contributed by atoms with Crippen molar-refractivity contribution in [2.45, 2.75) is 19.6 Å². The van der Waals surface area contributed by atoms with Gasteiger partial charge in [0.1, 0.15) is 5.69 Å². The molecule has 0 spiro atoms. The van der Waals surface area contributed by atoms with Gasteiger partial charge in [-0.25, -0.2) is 0 Å². The SMILES string of the molecule is Cc1ccc2c(c1)c(=O)cc(C(F)(F)F)n2CCNC(=O)c1cccs1. The highest BCUT2D eigenvalue weighted by molar-refractivity contribution is 7.12. The van der Waals surface area contributed by atoms with Crippen LogP contribution >= 0.6 is 11.3 Å². The zero-order chi connectivity index (χ0) is 18.9. The summed E-state index contributed by atoms with van der Waals surface area (Å²) in [7, 11) is 0. The molecule has 26 heavy (non-hydrogen) atoms. The van der Waals surface area contributed by atoms with Crippen LogP contribution in [0.5, 0.6) is 0 Å². The van der Waals surface area contributed by atoms with Crippen molar-refractivity contribution in [1.29, 1.82) is 0 Å². The van der Waals surface area contributed by atoms with Crippen LogP contribution in [0.4, 0.5) is 13.2 Å². The van der Waals surface area contributed by atoms with Crippen LogP contribution in [-0.4, -0.2) is 17.0 Å². The lowest BCUT2D eigenvalue weighted by molar-refractivity contribution is -0.143. The van der Waals surface area contributed by atoms with E-state index in [0.717, 1.165) is 10.1 Å². The standard InChI is InChI=1S/C18H15F3N2O2S/c1-11-4-5-13-12(9-11)14(24)10-16(18(19,20)21)23(13)7-6-22-17(25)15-3-2-8-26-15/h2-5,8-10H,6-7H2,1H3,(H,22,25). The number of aromatic nitrogens is 1. The highest BCUT2D eigenvalue weighted by atomic mass is 32.1. The summed E-state index contributed by atoms with van der Waals surface area (Å²) in [6, 6.07) is 8.70. The normalized spacial score (nSPS) is 11.7. The summed E-state index contributed by atoms with van der Waals surface area (Å²) < 4.78 is 41.2. The quantitative estimate of drug-likeness (QED) is 0.748. The number of alkyl halides is 3. The molecule has 0 radical (unpaired) electrons. The molecule has 3 rings (SSSR count). The van der Waals surface area contributed by atoms with Crippen LogP contribution < -0.4 is 10.7 Å². The van der Waals surface area contributed by atoms with Crippen molar-refractivity contribution in [3.8, 4) is 0 Å². The zero-order valence-electron chi connectivity index (χ0n) is 13.8. The molecule has 136 valence electrons. The molecule has 0 aliphatic carbocycles. The number of nitrogens with zero attached hydrogens (tertiary/aromatic N) is 1. The van der Waals surface area contributed by atoms with Gasteiger partial charge >= 0.3 is 6.18 Å². The third-order valence-electron chi connectivity index (χ3n) is 3.92. The van der Waals surface area contributed by atoms with E-state index < -0.39 is 17.3 Å². The van der Waals surface area contributed by atoms with Gasteiger partial charge in [0.25, 0.3) is 5.91 Å². The van der Waals surface area contributed by atoms with Gasteiger partial charge in [-0.15, -0.1) is 11.3 Å². The molecule has 1 N–H and O–H groups in total. The van der Waals surface area contributed by atoms with Gasteiger partial charge < -0.3 is 9.88 Å². The molecule has 0 unspecified atom stereocenters. The van der Waals surface area contributed by atoms with E-state index in [-0.39, 0.29) is 29.9 Å². The van der Waals surface area contributed by atoms with E-state index >= 15 is 0 Å². The van der Waals surface area contributed by atoms with E-state index in [2.05, 4.69) is 5.32 Å². The van der Waals surface area contributed by atoms with Gasteiger partial charge in [-0.3, -0.25) is 9.59 Å². The fourth-order valence-corrected chi connectivity index (χ4v) is 3.38. The van der Waals surface area contributed by atoms with E-state index in [1.165, 1.54) is 17.4 Å². The maximum atomic E-state index is 13.4. The van der Waals surface area contributed by atoms with Crippen LogP contribution in [0.15, 0.2) is 46.6 Å². The van der Waals surface area contributed by atoms with E-state index in [1.54, 1.807) is 36.6 Å². The number of halogens is 3. The molecule has 1 aromatic carbocycles. The Morgan fingerprint density at radius 1 is 1.23 bits per heavy atom. The first kappa shape index (κ1) is 18.2. The highest BCUT2D eigenvalue weighted by Crippen LogP contribution is 2.30. The monoisotopic (exact) mass is 380 g/mol. The fourth-order valence-electron chi connectivity index (χ4n) is 2.74. The Balaban J connectivity index is 1.96. The molecule has 4 nitrogen and oxygen atoms in total. The second-order valence-electron chi connectivity index (χ2n) is 5.80. The zero-order valence-corrected chi connectivity index (χ0v) is 14.6. The van der Waals surface area contributed by atoms with Crippen LogP contribution in [-0.2, 0) is 12.7 Å². The average molecular weight is 380 g/mol. The lowest BCUT2D eigenvalue weighted by Gasteiger charge is -2.19. The molecule has 0 atom stereocenters. The van der Waals surface area contributed by atoms with Crippen molar-refractivity contribution in [1.82, 2.24) is 9.88 Å². The number of fused-ring (bicyclic) bond motifs is 1. The number of pyridine rings is 1. The van der Waals surface area contributed by atoms with Gasteiger partial charge in [-0.2, -0.15) is 13.2 Å². The van der Waals surface area contributed by atoms with Crippen LogP contribution in [0.25, 0.3) is 10.9 Å². The largest absolute Gasteiger partial charge is 0.431 e. The van der Waals surface area contributed by atoms with Gasteiger partial charge in [0.15, 0.2) is 5.43 Å². The van der Waals surface area contributed by atoms with Gasteiger partial charge in [0.2, 0.25) is 0 Å². The molecule has 8 heteroatoms. The number of amides is 1. The molecular formula is C18H15F3N2O2S. The summed E-state index contributed by atoms with van der Waals surface area (Å²) in [6.45, 7) is 1.67. The predicted octanol–water partition coefficient (Wildman–Crippen LogP) is 3.82. The lowest BCUT2D eigenvalue weighted by atomic mass is 10.1. The minimum atomic E-state index is -4.67. The van der Waals surface area contributed by atoms with E-state index in [1.807, 2.05) is 0 Å². The molecule has 3 aromatic rings. The Bertz CT molecular complexity index is 1010. The number of carbonyl (C=O) groups excluding carboxylic acids is 1. The highest BCUT2D eigenvalue weighted by Gasteiger charge is 2.35. The molecule has 0 saturated heterocycles. The van der Waals surface area contributed by atoms with Crippen LogP contribution in [0, 0.1) is 6.92 Å². The van der Waals surface area contributed by atoms with Gasteiger partial charge in [0.05, 0.1) is 10.4 Å². The maximum Gasteiger partial charge on any atom is 0.431 e. The number of nitrogens with one attached hydrogen (secondary N) is 1. The molecule has 2 heterocycles. The summed E-state index contributed by atoms with van der Waals surface area (Å²) in [5.41, 5.74) is -0.716. The molecule has 1 amide bonds. The van der Waals surface area contributed by atoms with Crippen molar-refractivity contribution in [2.75, 3.05) is 6.54 Å². The Hall–Kier alpha value is -2.61. The Morgan fingerprint density at radius 3 is 2.65 bits per heavy atom. The molecule has 0 aliphatic rings. The summed E-state index contributed by atoms with van der Waals surface area (Å²) in [5, 5.41) is 4.58. The second kappa shape index (κ2) is 6.95. The summed E-state index contributed by atoms with van der Waals surface area (Å²) in [6.07, 6.45) is -4.67. The predicted molar refractivity (Wildman–Crippen MR) is 94.6 cm³/mol. The Kier molecular flexibility index (Phi) is 4.86. The number of carbonyl (C=O) groups is 1. The number of hydrogen-bond acceptors (Lipinski definition) is 3. The molecule has 0 aliphatic heterocycles. The van der Waals surface area contributed by atoms with E-state index in [0.29, 0.717) is 10.9 Å². The molecule has 0 bridgehead atoms. The first-order valence-electron chi connectivity index (χ1n) is 7.80. The van der Waals surface area contributed by atoms with Crippen LogP contribution in [0.2, 0.25) is 0 Å². The van der Waals surface area contributed by atoms with Gasteiger partial charge in [-0.1, -0.05) is 17.7 Å². The summed E-state index contributed by atoms with van der Waals surface area (Å²) in [4.78, 5) is 24.6. The van der Waals surface area contributed by atoms with E-state index in [9.17, 15) is 22.8 Å². The minimum absolute atomic E-state index is 0.00562. The molecule has 2 aromatic heterocycles. The minimum Gasteiger partial charge on any atom is -0.350 e. The van der Waals surface area contributed by atoms with Crippen LogP contribution in [0.3, 0.4) is 0 Å². The molecule has 0 saturated carbocycles.